The number of ether oxygens (including phenoxy) is 1. The van der Waals surface area contributed by atoms with Gasteiger partial charge in [-0.15, -0.1) is 0 Å². The molecule has 3 aromatic rings. The number of hydrogen-bond donors (Lipinski definition) is 2. The lowest BCUT2D eigenvalue weighted by atomic mass is 9.87. The predicted molar refractivity (Wildman–Crippen MR) is 158 cm³/mol. The molecule has 0 spiro atoms. The van der Waals surface area contributed by atoms with Crippen LogP contribution in [0.5, 0.6) is 5.75 Å². The summed E-state index contributed by atoms with van der Waals surface area (Å²) in [4.78, 5) is 13.3. The highest BCUT2D eigenvalue weighted by molar-refractivity contribution is 8.37. The molecule has 0 unspecified atom stereocenters. The van der Waals surface area contributed by atoms with Crippen molar-refractivity contribution in [2.24, 2.45) is 0 Å². The first-order valence-electron chi connectivity index (χ1n) is 13.9. The van der Waals surface area contributed by atoms with Gasteiger partial charge in [-0.1, -0.05) is 30.3 Å². The van der Waals surface area contributed by atoms with Crippen LogP contribution in [0.15, 0.2) is 71.6 Å². The van der Waals surface area contributed by atoms with Crippen molar-refractivity contribution in [2.45, 2.75) is 43.1 Å². The maximum Gasteiger partial charge on any atom is 0.335 e. The molecule has 0 radical (unpaired) electrons. The number of fused-ring (bicyclic) bond motifs is 1. The topological polar surface area (TPSA) is 49.8 Å². The Bertz CT molecular complexity index is 1440. The first-order valence-corrected chi connectivity index (χ1v) is 16.3. The molecule has 220 valence electrons. The third-order valence-corrected chi connectivity index (χ3v) is 9.25. The van der Waals surface area contributed by atoms with Gasteiger partial charge in [-0.3, -0.25) is 9.29 Å². The fourth-order valence-corrected chi connectivity index (χ4v) is 6.58. The molecule has 0 saturated carbocycles. The van der Waals surface area contributed by atoms with Crippen LogP contribution < -0.4 is 4.74 Å². The van der Waals surface area contributed by atoms with Crippen LogP contribution in [0.3, 0.4) is 0 Å². The van der Waals surface area contributed by atoms with Crippen LogP contribution in [-0.2, 0) is 6.42 Å². The van der Waals surface area contributed by atoms with Crippen molar-refractivity contribution in [2.75, 3.05) is 32.6 Å². The number of aromatic carboxylic acids is 1. The van der Waals surface area contributed by atoms with Crippen molar-refractivity contribution in [1.29, 1.82) is 0 Å². The van der Waals surface area contributed by atoms with Gasteiger partial charge in [0.2, 0.25) is 0 Å². The van der Waals surface area contributed by atoms with Gasteiger partial charge in [0.15, 0.2) is 0 Å². The largest absolute Gasteiger partial charge is 0.489 e. The number of carbonyl (C=O) groups is 1. The highest BCUT2D eigenvalue weighted by Crippen LogP contribution is 2.77. The van der Waals surface area contributed by atoms with Crippen LogP contribution >= 0.6 is 10.3 Å². The van der Waals surface area contributed by atoms with E-state index in [0.717, 1.165) is 71.6 Å². The maximum absolute atomic E-state index is 14.1. The fraction of sp³-hybridized carbons (Fsp3) is 0.344. The van der Waals surface area contributed by atoms with Crippen LogP contribution in [-0.4, -0.2) is 54.6 Å². The summed E-state index contributed by atoms with van der Waals surface area (Å²) in [5.74, 6) is -0.282. The lowest BCUT2D eigenvalue weighted by Gasteiger charge is -2.33. The van der Waals surface area contributed by atoms with Crippen molar-refractivity contribution >= 4 is 27.4 Å². The Balaban J connectivity index is 1.51. The van der Waals surface area contributed by atoms with Crippen LogP contribution in [0.2, 0.25) is 0 Å². The Hall–Kier alpha value is -3.30. The minimum atomic E-state index is -6.38. The molecule has 0 aromatic heterocycles. The molecule has 0 amide bonds. The Morgan fingerprint density at radius 3 is 2.37 bits per heavy atom. The number of hydrogen-bond acceptors (Lipinski definition) is 3. The van der Waals surface area contributed by atoms with E-state index in [-0.39, 0.29) is 18.3 Å². The molecule has 1 aliphatic carbocycles. The molecule has 1 saturated heterocycles. The quantitative estimate of drug-likeness (QED) is 0.195. The predicted octanol–water partition coefficient (Wildman–Crippen LogP) is 8.21. The Morgan fingerprint density at radius 1 is 1.00 bits per heavy atom. The van der Waals surface area contributed by atoms with Gasteiger partial charge in [0.1, 0.15) is 11.9 Å². The van der Waals surface area contributed by atoms with E-state index in [1.54, 1.807) is 24.3 Å². The van der Waals surface area contributed by atoms with Crippen LogP contribution in [0, 0.1) is 0 Å². The van der Waals surface area contributed by atoms with Crippen molar-refractivity contribution in [3.05, 3.63) is 94.5 Å². The molecule has 5 rings (SSSR count). The summed E-state index contributed by atoms with van der Waals surface area (Å²) in [6.07, 6.45) is 3.84. The Morgan fingerprint density at radius 2 is 1.71 bits per heavy atom. The number of alkyl halides is 1. The lowest BCUT2D eigenvalue weighted by Crippen LogP contribution is -2.26. The zero-order valence-electron chi connectivity index (χ0n) is 23.0. The van der Waals surface area contributed by atoms with E-state index >= 15 is 0 Å². The van der Waals surface area contributed by atoms with E-state index < -0.39 is 21.2 Å². The number of carboxylic acid groups (broad SMARTS) is 1. The molecule has 41 heavy (non-hydrogen) atoms. The van der Waals surface area contributed by atoms with E-state index in [2.05, 4.69) is 4.90 Å². The number of carboxylic acids is 1. The lowest BCUT2D eigenvalue weighted by molar-refractivity contribution is 0.0696. The molecule has 9 heteroatoms. The fourth-order valence-electron chi connectivity index (χ4n) is 5.79. The zero-order chi connectivity index (χ0) is 29.2. The van der Waals surface area contributed by atoms with Gasteiger partial charge in [-0.2, -0.15) is 11.7 Å². The monoisotopic (exact) mass is 589 g/mol. The van der Waals surface area contributed by atoms with Gasteiger partial charge >= 0.3 is 5.97 Å². The highest BCUT2D eigenvalue weighted by atomic mass is 32.4. The average molecular weight is 590 g/mol. The maximum atomic E-state index is 14.1. The second kappa shape index (κ2) is 11.5. The number of likely N-dealkylation sites (tertiary alicyclic amines) is 1. The number of rotatable bonds is 9. The van der Waals surface area contributed by atoms with E-state index in [1.165, 1.54) is 12.1 Å². The molecule has 1 heterocycles. The minimum absolute atomic E-state index is 0.0284. The number of allylic oxidation sites excluding steroid dienone is 1. The summed E-state index contributed by atoms with van der Waals surface area (Å²) >= 11 is 0. The summed E-state index contributed by atoms with van der Waals surface area (Å²) in [5, 5.41) is 9.55. The van der Waals surface area contributed by atoms with Gasteiger partial charge in [0, 0.05) is 30.8 Å². The summed E-state index contributed by atoms with van der Waals surface area (Å²) in [6, 6.07) is 18.3. The number of halogens is 4. The van der Waals surface area contributed by atoms with Crippen molar-refractivity contribution in [3.63, 3.8) is 0 Å². The third kappa shape index (κ3) is 6.79. The van der Waals surface area contributed by atoms with Crippen LogP contribution in [0.25, 0.3) is 11.1 Å². The van der Waals surface area contributed by atoms with Gasteiger partial charge in [-0.25, -0.2) is 4.79 Å². The number of nitrogens with zero attached hydrogens (tertiary/aromatic N) is 1. The molecule has 4 nitrogen and oxygen atoms in total. The van der Waals surface area contributed by atoms with Crippen LogP contribution in [0.4, 0.5) is 16.0 Å². The second-order valence-corrected chi connectivity index (χ2v) is 13.9. The Kier molecular flexibility index (Phi) is 8.21. The first kappa shape index (κ1) is 29.2. The molecular weight excluding hydrogens is 554 g/mol. The molecular formula is C32H35F4NO3S. The molecule has 1 fully saturated rings. The molecule has 2 aliphatic rings. The van der Waals surface area contributed by atoms with Crippen LogP contribution in [0.1, 0.15) is 58.3 Å². The van der Waals surface area contributed by atoms with E-state index in [9.17, 15) is 25.9 Å². The number of benzene rings is 3. The standard InChI is InChI=1S/C32H35F4NO3S/c1-41(34,35,36)28-13-8-22(9-14-28)29-5-2-4-24-20-25(32(38)39)10-15-30(24)31(29)23-6-11-26(12-7-23)40-27-16-19-37(21-27)18-3-17-33/h6-15,20,27,41H,2-5,16-19,21H2,1H3,(H,38,39)/t27-/m0/s1. The van der Waals surface area contributed by atoms with Gasteiger partial charge < -0.3 is 9.84 Å². The average Bonchev–Trinajstić information content (AvgIpc) is 3.29. The molecule has 1 atom stereocenters. The molecule has 1 aliphatic heterocycles. The SMILES string of the molecule is C[SH](F)(F)(F)c1ccc(C2=C(c3ccc(O[C@H]4CCN(CCCF)C4)cc3)c3ccc(C(=O)O)cc3CCC2)cc1. The summed E-state index contributed by atoms with van der Waals surface area (Å²) in [7, 11) is -6.38. The number of thiol groups is 1. The van der Waals surface area contributed by atoms with Gasteiger partial charge in [-0.05, 0) is 102 Å². The highest BCUT2D eigenvalue weighted by Gasteiger charge is 2.34. The molecule has 0 bridgehead atoms. The Labute approximate surface area is 238 Å². The molecule has 3 aromatic carbocycles. The van der Waals surface area contributed by atoms with Crippen molar-refractivity contribution in [3.8, 4) is 5.75 Å². The molecule has 1 N–H and O–H groups in total. The number of aryl methyl sites for hydroxylation is 1. The minimum Gasteiger partial charge on any atom is -0.489 e. The normalized spacial score (nSPS) is 18.9. The summed E-state index contributed by atoms with van der Waals surface area (Å²) < 4.78 is 60.9. The van der Waals surface area contributed by atoms with Crippen molar-refractivity contribution in [1.82, 2.24) is 4.90 Å². The second-order valence-electron chi connectivity index (χ2n) is 11.0. The summed E-state index contributed by atoms with van der Waals surface area (Å²) in [5.41, 5.74) is 5.42. The van der Waals surface area contributed by atoms with E-state index in [1.807, 2.05) is 30.3 Å². The van der Waals surface area contributed by atoms with Crippen molar-refractivity contribution < 1.29 is 30.7 Å². The summed E-state index contributed by atoms with van der Waals surface area (Å²) in [6.45, 7) is 2.03. The smallest absolute Gasteiger partial charge is 0.335 e. The third-order valence-electron chi connectivity index (χ3n) is 7.85. The van der Waals surface area contributed by atoms with Gasteiger partial charge in [0.05, 0.1) is 22.6 Å². The van der Waals surface area contributed by atoms with E-state index in [4.69, 9.17) is 4.74 Å². The first-order chi connectivity index (χ1) is 19.5. The van der Waals surface area contributed by atoms with E-state index in [0.29, 0.717) is 25.5 Å². The zero-order valence-corrected chi connectivity index (χ0v) is 23.9. The van der Waals surface area contributed by atoms with Gasteiger partial charge in [0.25, 0.3) is 0 Å².